The van der Waals surface area contributed by atoms with E-state index >= 15 is 0 Å². The van der Waals surface area contributed by atoms with Crippen LogP contribution in [0.5, 0.6) is 0 Å². The number of aromatic carboxylic acids is 2. The molecule has 0 radical (unpaired) electrons. The van der Waals surface area contributed by atoms with E-state index in [0.29, 0.717) is 0 Å². The maximum atomic E-state index is 10.8. The molecule has 4 heteroatoms. The third kappa shape index (κ3) is 3.17. The lowest BCUT2D eigenvalue weighted by Gasteiger charge is -2.08. The van der Waals surface area contributed by atoms with Crippen molar-refractivity contribution >= 4 is 11.9 Å². The summed E-state index contributed by atoms with van der Waals surface area (Å²) in [6, 6.07) is 20.7. The minimum atomic E-state index is -1.20. The van der Waals surface area contributed by atoms with E-state index in [9.17, 15) is 19.8 Å². The predicted molar refractivity (Wildman–Crippen MR) is 86.0 cm³/mol. The average molecular weight is 316 g/mol. The molecule has 0 atom stereocenters. The van der Waals surface area contributed by atoms with Gasteiger partial charge in [0.25, 0.3) is 0 Å². The molecule has 3 aromatic carbocycles. The number of benzene rings is 3. The summed E-state index contributed by atoms with van der Waals surface area (Å²) in [4.78, 5) is 21.5. The summed E-state index contributed by atoms with van der Waals surface area (Å²) in [6.45, 7) is 0. The largest absolute Gasteiger partial charge is 0.545 e. The molecule has 0 saturated carbocycles. The third-order valence-corrected chi connectivity index (χ3v) is 3.79. The van der Waals surface area contributed by atoms with Crippen molar-refractivity contribution in [2.24, 2.45) is 0 Å². The van der Waals surface area contributed by atoms with Gasteiger partial charge in [-0.2, -0.15) is 0 Å². The number of hydrogen-bond acceptors (Lipinski definition) is 4. The molecule has 118 valence electrons. The molecule has 0 unspecified atom stereocenters. The van der Waals surface area contributed by atoms with Crippen LogP contribution in [0.4, 0.5) is 0 Å². The van der Waals surface area contributed by atoms with E-state index in [1.54, 1.807) is 24.3 Å². The van der Waals surface area contributed by atoms with Crippen LogP contribution in [-0.2, 0) is 0 Å². The van der Waals surface area contributed by atoms with E-state index < -0.39 is 11.9 Å². The molecule has 0 spiro atoms. The van der Waals surface area contributed by atoms with E-state index in [4.69, 9.17) is 0 Å². The molecule has 3 aromatic rings. The molecule has 0 aliphatic rings. The first-order chi connectivity index (χ1) is 11.5. The fourth-order valence-electron chi connectivity index (χ4n) is 2.45. The first kappa shape index (κ1) is 15.5. The highest BCUT2D eigenvalue weighted by Gasteiger charge is 2.02. The molecule has 0 fully saturated rings. The second-order valence-electron chi connectivity index (χ2n) is 5.31. The van der Waals surface area contributed by atoms with Crippen LogP contribution in [0.1, 0.15) is 20.7 Å². The highest BCUT2D eigenvalue weighted by molar-refractivity contribution is 5.87. The Labute approximate surface area is 138 Å². The molecule has 0 bridgehead atoms. The van der Waals surface area contributed by atoms with Crippen LogP contribution >= 0.6 is 0 Å². The van der Waals surface area contributed by atoms with E-state index in [1.807, 2.05) is 24.3 Å². The molecule has 4 nitrogen and oxygen atoms in total. The molecular formula is C20H12O4-2. The monoisotopic (exact) mass is 316 g/mol. The standard InChI is InChI=1S/C20H14O4/c21-19(22)17-9-5-15(6-10-17)13-1-2-14(4-3-13)16-7-11-18(12-8-16)20(23)24/h1-12H,(H,21,22)(H,23,24)/p-2. The maximum Gasteiger partial charge on any atom is 0.0715 e. The first-order valence-corrected chi connectivity index (χ1v) is 7.28. The van der Waals surface area contributed by atoms with Crippen LogP contribution in [0.3, 0.4) is 0 Å². The summed E-state index contributed by atoms with van der Waals surface area (Å²) in [6.07, 6.45) is 0. The van der Waals surface area contributed by atoms with Crippen LogP contribution in [0.2, 0.25) is 0 Å². The third-order valence-electron chi connectivity index (χ3n) is 3.79. The molecule has 0 aromatic heterocycles. The van der Waals surface area contributed by atoms with Crippen molar-refractivity contribution in [1.82, 2.24) is 0 Å². The van der Waals surface area contributed by atoms with Crippen molar-refractivity contribution in [3.8, 4) is 22.3 Å². The number of rotatable bonds is 4. The van der Waals surface area contributed by atoms with Gasteiger partial charge in [0.15, 0.2) is 0 Å². The molecule has 3 rings (SSSR count). The first-order valence-electron chi connectivity index (χ1n) is 7.28. The van der Waals surface area contributed by atoms with Crippen LogP contribution < -0.4 is 10.2 Å². The summed E-state index contributed by atoms with van der Waals surface area (Å²) >= 11 is 0. The summed E-state index contributed by atoms with van der Waals surface area (Å²) in [5.41, 5.74) is 3.99. The molecule has 0 saturated heterocycles. The lowest BCUT2D eigenvalue weighted by atomic mass is 9.99. The Balaban J connectivity index is 1.84. The van der Waals surface area contributed by atoms with Gasteiger partial charge >= 0.3 is 0 Å². The Kier molecular flexibility index (Phi) is 4.12. The Morgan fingerprint density at radius 1 is 0.458 bits per heavy atom. The fourth-order valence-corrected chi connectivity index (χ4v) is 2.45. The average Bonchev–Trinajstić information content (AvgIpc) is 2.62. The molecule has 0 aliphatic heterocycles. The van der Waals surface area contributed by atoms with Crippen molar-refractivity contribution in [2.75, 3.05) is 0 Å². The highest BCUT2D eigenvalue weighted by Crippen LogP contribution is 2.25. The lowest BCUT2D eigenvalue weighted by Crippen LogP contribution is -2.21. The van der Waals surface area contributed by atoms with Gasteiger partial charge < -0.3 is 19.8 Å². The molecule has 0 heterocycles. The lowest BCUT2D eigenvalue weighted by molar-refractivity contribution is -0.256. The Bertz CT molecular complexity index is 800. The van der Waals surface area contributed by atoms with Crippen molar-refractivity contribution in [3.63, 3.8) is 0 Å². The summed E-state index contributed by atoms with van der Waals surface area (Å²) in [7, 11) is 0. The number of carboxylic acid groups (broad SMARTS) is 2. The van der Waals surface area contributed by atoms with Gasteiger partial charge in [-0.3, -0.25) is 0 Å². The Morgan fingerprint density at radius 2 is 0.667 bits per heavy atom. The zero-order valence-corrected chi connectivity index (χ0v) is 12.6. The Hall–Kier alpha value is -3.40. The minimum absolute atomic E-state index is 0.142. The fraction of sp³-hybridized carbons (Fsp3) is 0. The van der Waals surface area contributed by atoms with Crippen LogP contribution in [0.15, 0.2) is 72.8 Å². The molecular weight excluding hydrogens is 304 g/mol. The normalized spacial score (nSPS) is 10.3. The SMILES string of the molecule is O=C([O-])c1ccc(-c2ccc(-c3ccc(C(=O)[O-])cc3)cc2)cc1. The van der Waals surface area contributed by atoms with Crippen molar-refractivity contribution < 1.29 is 19.8 Å². The quantitative estimate of drug-likeness (QED) is 0.734. The zero-order chi connectivity index (χ0) is 17.1. The number of hydrogen-bond donors (Lipinski definition) is 0. The topological polar surface area (TPSA) is 80.3 Å². The van der Waals surface area contributed by atoms with Gasteiger partial charge in [-0.1, -0.05) is 72.8 Å². The molecule has 0 N–H and O–H groups in total. The maximum absolute atomic E-state index is 10.8. The summed E-state index contributed by atoms with van der Waals surface area (Å²) in [5.74, 6) is -2.39. The van der Waals surface area contributed by atoms with Crippen LogP contribution in [-0.4, -0.2) is 11.9 Å². The molecule has 0 amide bonds. The van der Waals surface area contributed by atoms with Gasteiger partial charge in [0.05, 0.1) is 11.9 Å². The van der Waals surface area contributed by atoms with Gasteiger partial charge in [0.1, 0.15) is 0 Å². The number of carbonyl (C=O) groups excluding carboxylic acids is 2. The van der Waals surface area contributed by atoms with Crippen molar-refractivity contribution in [2.45, 2.75) is 0 Å². The van der Waals surface area contributed by atoms with Crippen molar-refractivity contribution in [3.05, 3.63) is 83.9 Å². The smallest absolute Gasteiger partial charge is 0.0715 e. The van der Waals surface area contributed by atoms with Crippen LogP contribution in [0.25, 0.3) is 22.3 Å². The summed E-state index contributed by atoms with van der Waals surface area (Å²) in [5, 5.41) is 21.5. The van der Waals surface area contributed by atoms with E-state index in [2.05, 4.69) is 0 Å². The predicted octanol–water partition coefficient (Wildman–Crippen LogP) is 1.75. The van der Waals surface area contributed by atoms with E-state index in [0.717, 1.165) is 22.3 Å². The second-order valence-corrected chi connectivity index (χ2v) is 5.31. The zero-order valence-electron chi connectivity index (χ0n) is 12.6. The van der Waals surface area contributed by atoms with Gasteiger partial charge in [0.2, 0.25) is 0 Å². The van der Waals surface area contributed by atoms with Gasteiger partial charge in [0, 0.05) is 0 Å². The highest BCUT2D eigenvalue weighted by atomic mass is 16.4. The van der Waals surface area contributed by atoms with Crippen LogP contribution in [0, 0.1) is 0 Å². The summed E-state index contributed by atoms with van der Waals surface area (Å²) < 4.78 is 0. The van der Waals surface area contributed by atoms with E-state index in [1.165, 1.54) is 24.3 Å². The van der Waals surface area contributed by atoms with Gasteiger partial charge in [-0.25, -0.2) is 0 Å². The van der Waals surface area contributed by atoms with Gasteiger partial charge in [-0.05, 0) is 33.4 Å². The second kappa shape index (κ2) is 6.38. The molecule has 24 heavy (non-hydrogen) atoms. The minimum Gasteiger partial charge on any atom is -0.545 e. The Morgan fingerprint density at radius 3 is 0.875 bits per heavy atom. The molecule has 0 aliphatic carbocycles. The number of carboxylic acids is 2. The van der Waals surface area contributed by atoms with E-state index in [-0.39, 0.29) is 11.1 Å². The van der Waals surface area contributed by atoms with Crippen molar-refractivity contribution in [1.29, 1.82) is 0 Å². The number of carbonyl (C=O) groups is 2. The van der Waals surface area contributed by atoms with Gasteiger partial charge in [-0.15, -0.1) is 0 Å².